The maximum Gasteiger partial charge on any atom is 0.272 e. The molecule has 0 saturated carbocycles. The molecule has 0 bridgehead atoms. The van der Waals surface area contributed by atoms with Gasteiger partial charge in [0.1, 0.15) is 28.7 Å². The lowest BCUT2D eigenvalue weighted by molar-refractivity contribution is 0.0956. The smallest absolute Gasteiger partial charge is 0.272 e. The van der Waals surface area contributed by atoms with Gasteiger partial charge in [-0.3, -0.25) is 4.79 Å². The zero-order valence-electron chi connectivity index (χ0n) is 18.3. The van der Waals surface area contributed by atoms with Gasteiger partial charge in [-0.05, 0) is 50.2 Å². The van der Waals surface area contributed by atoms with Crippen LogP contribution in [0, 0.1) is 6.92 Å². The molecule has 0 atom stereocenters. The number of benzene rings is 2. The van der Waals surface area contributed by atoms with E-state index in [1.807, 2.05) is 55.5 Å². The van der Waals surface area contributed by atoms with Crippen molar-refractivity contribution in [3.63, 3.8) is 0 Å². The lowest BCUT2D eigenvalue weighted by atomic mass is 10.0. The van der Waals surface area contributed by atoms with Crippen LogP contribution in [-0.4, -0.2) is 30.8 Å². The van der Waals surface area contributed by atoms with Crippen LogP contribution < -0.4 is 14.9 Å². The molecular weight excluding hydrogens is 406 g/mol. The topological polar surface area (TPSA) is 86.0 Å². The Labute approximate surface area is 185 Å². The van der Waals surface area contributed by atoms with Gasteiger partial charge < -0.3 is 13.9 Å². The third kappa shape index (κ3) is 4.18. The highest BCUT2D eigenvalue weighted by molar-refractivity contribution is 6.08. The molecule has 7 nitrogen and oxygen atoms in total. The predicted molar refractivity (Wildman–Crippen MR) is 123 cm³/mol. The van der Waals surface area contributed by atoms with E-state index in [4.69, 9.17) is 18.9 Å². The van der Waals surface area contributed by atoms with Crippen molar-refractivity contribution in [2.45, 2.75) is 13.8 Å². The first-order chi connectivity index (χ1) is 15.5. The molecule has 0 aliphatic rings. The summed E-state index contributed by atoms with van der Waals surface area (Å²) < 4.78 is 16.4. The molecule has 1 N–H and O–H groups in total. The van der Waals surface area contributed by atoms with E-state index in [0.717, 1.165) is 16.7 Å². The number of fused-ring (bicyclic) bond motifs is 1. The van der Waals surface area contributed by atoms with E-state index in [-0.39, 0.29) is 5.91 Å². The number of nitrogens with one attached hydrogen (secondary N) is 1. The van der Waals surface area contributed by atoms with Crippen molar-refractivity contribution in [2.75, 3.05) is 14.2 Å². The summed E-state index contributed by atoms with van der Waals surface area (Å²) in [4.78, 5) is 17.9. The maximum absolute atomic E-state index is 13.1. The monoisotopic (exact) mass is 429 g/mol. The van der Waals surface area contributed by atoms with Crippen molar-refractivity contribution in [1.82, 2.24) is 10.4 Å². The Morgan fingerprint density at radius 2 is 1.84 bits per heavy atom. The van der Waals surface area contributed by atoms with E-state index in [2.05, 4.69) is 10.5 Å². The number of para-hydroxylation sites is 1. The fraction of sp³-hybridized carbons (Fsp3) is 0.160. The number of carbonyl (C=O) groups excluding carboxylic acids is 1. The third-order valence-electron chi connectivity index (χ3n) is 5.07. The number of furan rings is 1. The van der Waals surface area contributed by atoms with Gasteiger partial charge in [-0.25, -0.2) is 10.4 Å². The van der Waals surface area contributed by atoms with Gasteiger partial charge >= 0.3 is 0 Å². The molecule has 1 amide bonds. The minimum atomic E-state index is -0.347. The maximum atomic E-state index is 13.1. The van der Waals surface area contributed by atoms with Gasteiger partial charge in [-0.15, -0.1) is 0 Å². The summed E-state index contributed by atoms with van der Waals surface area (Å²) in [6.07, 6.45) is 0. The minimum Gasteiger partial charge on any atom is -0.497 e. The second-order valence-electron chi connectivity index (χ2n) is 7.19. The minimum absolute atomic E-state index is 0.347. The number of rotatable bonds is 6. The Balaban J connectivity index is 1.75. The van der Waals surface area contributed by atoms with E-state index in [1.54, 1.807) is 33.3 Å². The summed E-state index contributed by atoms with van der Waals surface area (Å²) in [5.41, 5.74) is 5.71. The van der Waals surface area contributed by atoms with E-state index >= 15 is 0 Å². The number of pyridine rings is 1. The van der Waals surface area contributed by atoms with Crippen LogP contribution in [0.3, 0.4) is 0 Å². The summed E-state index contributed by atoms with van der Waals surface area (Å²) in [5.74, 6) is 2.30. The quantitative estimate of drug-likeness (QED) is 0.345. The summed E-state index contributed by atoms with van der Waals surface area (Å²) in [6.45, 7) is 3.63. The molecule has 162 valence electrons. The van der Waals surface area contributed by atoms with Gasteiger partial charge in [-0.2, -0.15) is 5.10 Å². The number of hydrazone groups is 1. The molecule has 4 rings (SSSR count). The molecule has 0 unspecified atom stereocenters. The Hall–Kier alpha value is -4.13. The third-order valence-corrected chi connectivity index (χ3v) is 5.07. The molecule has 0 spiro atoms. The van der Waals surface area contributed by atoms with Crippen molar-refractivity contribution in [2.24, 2.45) is 5.10 Å². The molecule has 32 heavy (non-hydrogen) atoms. The van der Waals surface area contributed by atoms with Crippen molar-refractivity contribution in [3.05, 3.63) is 77.7 Å². The highest BCUT2D eigenvalue weighted by Crippen LogP contribution is 2.34. The first-order valence-corrected chi connectivity index (χ1v) is 10.0. The zero-order valence-corrected chi connectivity index (χ0v) is 18.3. The molecule has 0 aliphatic carbocycles. The summed E-state index contributed by atoms with van der Waals surface area (Å²) >= 11 is 0. The van der Waals surface area contributed by atoms with Crippen LogP contribution in [0.2, 0.25) is 0 Å². The lowest BCUT2D eigenvalue weighted by Crippen LogP contribution is -2.20. The summed E-state index contributed by atoms with van der Waals surface area (Å²) in [7, 11) is 3.18. The number of hydrogen-bond donors (Lipinski definition) is 1. The summed E-state index contributed by atoms with van der Waals surface area (Å²) in [6, 6.07) is 18.4. The Kier molecular flexibility index (Phi) is 5.89. The number of aromatic nitrogens is 1. The van der Waals surface area contributed by atoms with Gasteiger partial charge in [-0.1, -0.05) is 18.2 Å². The number of ether oxygens (including phenoxy) is 2. The number of nitrogens with zero attached hydrogens (tertiary/aromatic N) is 2. The van der Waals surface area contributed by atoms with Gasteiger partial charge in [0.25, 0.3) is 5.91 Å². The highest BCUT2D eigenvalue weighted by Gasteiger charge is 2.16. The zero-order chi connectivity index (χ0) is 22.7. The van der Waals surface area contributed by atoms with Crippen LogP contribution >= 0.6 is 0 Å². The molecule has 0 fully saturated rings. The average Bonchev–Trinajstić information content (AvgIpc) is 3.27. The molecule has 0 radical (unpaired) electrons. The number of amides is 1. The number of aryl methyl sites for hydroxylation is 1. The van der Waals surface area contributed by atoms with Crippen molar-refractivity contribution >= 4 is 22.5 Å². The number of carbonyl (C=O) groups is 1. The highest BCUT2D eigenvalue weighted by atomic mass is 16.5. The number of methoxy groups -OCH3 is 2. The van der Waals surface area contributed by atoms with Crippen LogP contribution in [0.15, 0.2) is 70.2 Å². The van der Waals surface area contributed by atoms with Crippen molar-refractivity contribution < 1.29 is 18.7 Å². The normalized spacial score (nSPS) is 11.4. The Morgan fingerprint density at radius 3 is 2.56 bits per heavy atom. The van der Waals surface area contributed by atoms with Gasteiger partial charge in [0.05, 0.1) is 31.0 Å². The van der Waals surface area contributed by atoms with E-state index in [1.165, 1.54) is 0 Å². The first-order valence-electron chi connectivity index (χ1n) is 10.0. The van der Waals surface area contributed by atoms with Crippen LogP contribution in [0.1, 0.15) is 28.8 Å². The molecule has 0 saturated heterocycles. The first kappa shape index (κ1) is 21.1. The summed E-state index contributed by atoms with van der Waals surface area (Å²) in [5, 5.41) is 4.94. The molecule has 0 aliphatic heterocycles. The SMILES string of the molecule is COc1ccc(-c2cc(C(=O)N/N=C(\C)c3ccc(C)o3)c3ccccc3n2)c(OC)c1. The largest absolute Gasteiger partial charge is 0.497 e. The Morgan fingerprint density at radius 1 is 1.03 bits per heavy atom. The lowest BCUT2D eigenvalue weighted by Gasteiger charge is -2.13. The molecule has 2 aromatic carbocycles. The molecule has 7 heteroatoms. The second kappa shape index (κ2) is 8.93. The fourth-order valence-electron chi connectivity index (χ4n) is 3.39. The molecular formula is C25H23N3O4. The molecule has 2 aromatic heterocycles. The van der Waals surface area contributed by atoms with Crippen molar-refractivity contribution in [3.8, 4) is 22.8 Å². The second-order valence-corrected chi connectivity index (χ2v) is 7.19. The molecule has 2 heterocycles. The van der Waals surface area contributed by atoms with Crippen LogP contribution in [0.5, 0.6) is 11.5 Å². The van der Waals surface area contributed by atoms with Crippen LogP contribution in [0.4, 0.5) is 0 Å². The van der Waals surface area contributed by atoms with Crippen molar-refractivity contribution in [1.29, 1.82) is 0 Å². The standard InChI is InChI=1S/C25H23N3O4/c1-15-9-12-23(32-15)16(2)27-28-25(29)20-14-22(26-21-8-6-5-7-18(20)21)19-11-10-17(30-3)13-24(19)31-4/h5-14H,1-4H3,(H,28,29)/b27-16+. The van der Waals surface area contributed by atoms with Gasteiger partial charge in [0.15, 0.2) is 0 Å². The molecule has 4 aromatic rings. The van der Waals surface area contributed by atoms with Crippen LogP contribution in [0.25, 0.3) is 22.2 Å². The predicted octanol–water partition coefficient (Wildman–Crippen LogP) is 4.97. The number of hydrogen-bond acceptors (Lipinski definition) is 6. The fourth-order valence-corrected chi connectivity index (χ4v) is 3.39. The van der Waals surface area contributed by atoms with E-state index in [0.29, 0.717) is 39.7 Å². The average molecular weight is 429 g/mol. The van der Waals surface area contributed by atoms with E-state index in [9.17, 15) is 4.79 Å². The Bertz CT molecular complexity index is 1320. The van der Waals surface area contributed by atoms with Gasteiger partial charge in [0.2, 0.25) is 0 Å². The van der Waals surface area contributed by atoms with E-state index < -0.39 is 0 Å². The van der Waals surface area contributed by atoms with Crippen LogP contribution in [-0.2, 0) is 0 Å². The van der Waals surface area contributed by atoms with Gasteiger partial charge in [0, 0.05) is 17.0 Å².